The zero-order chi connectivity index (χ0) is 10.6. The molecule has 1 aromatic rings. The third-order valence-electron chi connectivity index (χ3n) is 2.07. The maximum Gasteiger partial charge on any atom is 0.219 e. The highest BCUT2D eigenvalue weighted by Gasteiger charge is 2.15. The zero-order valence-electron chi connectivity index (χ0n) is 8.53. The van der Waals surface area contributed by atoms with Gasteiger partial charge in [-0.15, -0.1) is 0 Å². The molecule has 1 heterocycles. The summed E-state index contributed by atoms with van der Waals surface area (Å²) >= 11 is 0. The van der Waals surface area contributed by atoms with E-state index in [9.17, 15) is 4.79 Å². The number of rotatable bonds is 5. The van der Waals surface area contributed by atoms with Crippen molar-refractivity contribution in [2.75, 3.05) is 6.54 Å². The maximum absolute atomic E-state index is 10.8. The van der Waals surface area contributed by atoms with E-state index in [4.69, 9.17) is 5.73 Å². The molecule has 0 radical (unpaired) electrons. The molecule has 14 heavy (non-hydrogen) atoms. The summed E-state index contributed by atoms with van der Waals surface area (Å²) < 4.78 is 1.89. The molecule has 78 valence electrons. The Morgan fingerprint density at radius 1 is 1.79 bits per heavy atom. The average Bonchev–Trinajstić information content (AvgIpc) is 2.50. The van der Waals surface area contributed by atoms with E-state index in [-0.39, 0.29) is 11.9 Å². The molecule has 0 saturated heterocycles. The lowest BCUT2D eigenvalue weighted by molar-refractivity contribution is -0.118. The van der Waals surface area contributed by atoms with Crippen molar-refractivity contribution in [3.8, 4) is 0 Å². The van der Waals surface area contributed by atoms with Gasteiger partial charge in [0.1, 0.15) is 0 Å². The SMILES string of the molecule is CCNC(CC(N)=O)c1cncn1C. The summed E-state index contributed by atoms with van der Waals surface area (Å²) in [6.45, 7) is 2.79. The van der Waals surface area contributed by atoms with E-state index in [0.717, 1.165) is 12.2 Å². The molecule has 0 aliphatic rings. The Kier molecular flexibility index (Phi) is 3.64. The van der Waals surface area contributed by atoms with Gasteiger partial charge < -0.3 is 15.6 Å². The van der Waals surface area contributed by atoms with Gasteiger partial charge in [0.25, 0.3) is 0 Å². The number of hydrogen-bond acceptors (Lipinski definition) is 3. The number of aryl methyl sites for hydroxylation is 1. The van der Waals surface area contributed by atoms with Crippen molar-refractivity contribution in [2.45, 2.75) is 19.4 Å². The van der Waals surface area contributed by atoms with E-state index < -0.39 is 0 Å². The number of primary amides is 1. The molecule has 1 atom stereocenters. The topological polar surface area (TPSA) is 72.9 Å². The molecular formula is C9H16N4O. The van der Waals surface area contributed by atoms with Crippen molar-refractivity contribution < 1.29 is 4.79 Å². The normalized spacial score (nSPS) is 12.7. The first-order valence-electron chi connectivity index (χ1n) is 4.63. The number of amides is 1. The number of nitrogens with two attached hydrogens (primary N) is 1. The van der Waals surface area contributed by atoms with Crippen LogP contribution in [0.25, 0.3) is 0 Å². The third-order valence-corrected chi connectivity index (χ3v) is 2.07. The first-order valence-corrected chi connectivity index (χ1v) is 4.63. The summed E-state index contributed by atoms with van der Waals surface area (Å²) in [5.74, 6) is -0.308. The van der Waals surface area contributed by atoms with Gasteiger partial charge in [-0.3, -0.25) is 4.79 Å². The highest BCUT2D eigenvalue weighted by atomic mass is 16.1. The van der Waals surface area contributed by atoms with Crippen molar-refractivity contribution in [1.82, 2.24) is 14.9 Å². The van der Waals surface area contributed by atoms with Crippen molar-refractivity contribution in [1.29, 1.82) is 0 Å². The minimum atomic E-state index is -0.308. The predicted molar refractivity (Wildman–Crippen MR) is 53.4 cm³/mol. The summed E-state index contributed by atoms with van der Waals surface area (Å²) in [6, 6.07) is -0.0370. The Balaban J connectivity index is 2.77. The molecule has 0 aromatic carbocycles. The number of hydrogen-bond donors (Lipinski definition) is 2. The van der Waals surface area contributed by atoms with Crippen LogP contribution in [-0.4, -0.2) is 22.0 Å². The second kappa shape index (κ2) is 4.76. The van der Waals surface area contributed by atoms with E-state index in [2.05, 4.69) is 10.3 Å². The number of carbonyl (C=O) groups excluding carboxylic acids is 1. The van der Waals surface area contributed by atoms with Crippen molar-refractivity contribution >= 4 is 5.91 Å². The summed E-state index contributed by atoms with van der Waals surface area (Å²) in [5.41, 5.74) is 6.15. The highest BCUT2D eigenvalue weighted by molar-refractivity contribution is 5.74. The standard InChI is InChI=1S/C9H16N4O/c1-3-12-7(4-9(10)14)8-5-11-6-13(8)2/h5-7,12H,3-4H2,1-2H3,(H2,10,14). The quantitative estimate of drug-likeness (QED) is 0.693. The number of nitrogens with one attached hydrogen (secondary N) is 1. The largest absolute Gasteiger partial charge is 0.370 e. The second-order valence-corrected chi connectivity index (χ2v) is 3.21. The number of nitrogens with zero attached hydrogens (tertiary/aromatic N) is 2. The maximum atomic E-state index is 10.8. The fourth-order valence-electron chi connectivity index (χ4n) is 1.43. The van der Waals surface area contributed by atoms with Crippen molar-refractivity contribution in [3.05, 3.63) is 18.2 Å². The molecule has 5 heteroatoms. The lowest BCUT2D eigenvalue weighted by Gasteiger charge is -2.16. The van der Waals surface area contributed by atoms with Gasteiger partial charge in [0.05, 0.1) is 18.1 Å². The van der Waals surface area contributed by atoms with E-state index in [1.165, 1.54) is 0 Å². The molecule has 0 saturated carbocycles. The lowest BCUT2D eigenvalue weighted by Crippen LogP contribution is -2.27. The molecule has 1 aromatic heterocycles. The predicted octanol–water partition coefficient (Wildman–Crippen LogP) is -0.0539. The third kappa shape index (κ3) is 2.56. The van der Waals surface area contributed by atoms with Gasteiger partial charge in [-0.25, -0.2) is 4.98 Å². The first kappa shape index (κ1) is 10.7. The molecular weight excluding hydrogens is 180 g/mol. The van der Waals surface area contributed by atoms with E-state index >= 15 is 0 Å². The van der Waals surface area contributed by atoms with E-state index in [1.807, 2.05) is 18.5 Å². The first-order chi connectivity index (χ1) is 6.65. The summed E-state index contributed by atoms with van der Waals surface area (Å²) in [4.78, 5) is 14.8. The Morgan fingerprint density at radius 3 is 2.93 bits per heavy atom. The Morgan fingerprint density at radius 2 is 2.50 bits per heavy atom. The summed E-state index contributed by atoms with van der Waals surface area (Å²) in [6.07, 6.45) is 3.75. The number of imidazole rings is 1. The van der Waals surface area contributed by atoms with Crippen LogP contribution in [0.3, 0.4) is 0 Å². The summed E-state index contributed by atoms with van der Waals surface area (Å²) in [7, 11) is 1.90. The Bertz CT molecular complexity index is 308. The van der Waals surface area contributed by atoms with Gasteiger partial charge >= 0.3 is 0 Å². The van der Waals surface area contributed by atoms with Crippen LogP contribution in [0.4, 0.5) is 0 Å². The van der Waals surface area contributed by atoms with Crippen molar-refractivity contribution in [2.24, 2.45) is 12.8 Å². The van der Waals surface area contributed by atoms with Crippen molar-refractivity contribution in [3.63, 3.8) is 0 Å². The Labute approximate surface area is 83.3 Å². The highest BCUT2D eigenvalue weighted by Crippen LogP contribution is 2.14. The molecule has 5 nitrogen and oxygen atoms in total. The van der Waals surface area contributed by atoms with Crippen LogP contribution in [0.15, 0.2) is 12.5 Å². The van der Waals surface area contributed by atoms with Crippen LogP contribution in [0.2, 0.25) is 0 Å². The van der Waals surface area contributed by atoms with Gasteiger partial charge in [0.2, 0.25) is 5.91 Å². The molecule has 0 aliphatic heterocycles. The second-order valence-electron chi connectivity index (χ2n) is 3.21. The molecule has 0 aliphatic carbocycles. The zero-order valence-corrected chi connectivity index (χ0v) is 8.53. The minimum absolute atomic E-state index is 0.0370. The van der Waals surface area contributed by atoms with Gasteiger partial charge in [-0.2, -0.15) is 0 Å². The van der Waals surface area contributed by atoms with Gasteiger partial charge in [-0.1, -0.05) is 6.92 Å². The Hall–Kier alpha value is -1.36. The minimum Gasteiger partial charge on any atom is -0.370 e. The number of aromatic nitrogens is 2. The lowest BCUT2D eigenvalue weighted by atomic mass is 10.1. The molecule has 1 unspecified atom stereocenters. The number of carbonyl (C=O) groups is 1. The van der Waals surface area contributed by atoms with Crippen LogP contribution in [0.5, 0.6) is 0 Å². The van der Waals surface area contributed by atoms with Crippen LogP contribution in [0.1, 0.15) is 25.1 Å². The molecule has 3 N–H and O–H groups in total. The fraction of sp³-hybridized carbons (Fsp3) is 0.556. The van der Waals surface area contributed by atoms with Gasteiger partial charge in [0.15, 0.2) is 0 Å². The van der Waals surface area contributed by atoms with Crippen LogP contribution in [0, 0.1) is 0 Å². The van der Waals surface area contributed by atoms with E-state index in [1.54, 1.807) is 12.5 Å². The summed E-state index contributed by atoms with van der Waals surface area (Å²) in [5, 5.41) is 3.20. The van der Waals surface area contributed by atoms with Crippen LogP contribution in [-0.2, 0) is 11.8 Å². The molecule has 0 spiro atoms. The fourth-order valence-corrected chi connectivity index (χ4v) is 1.43. The molecule has 0 fully saturated rings. The molecule has 0 bridgehead atoms. The van der Waals surface area contributed by atoms with Crippen LogP contribution < -0.4 is 11.1 Å². The smallest absolute Gasteiger partial charge is 0.219 e. The average molecular weight is 196 g/mol. The molecule has 1 amide bonds. The van der Waals surface area contributed by atoms with Crippen LogP contribution >= 0.6 is 0 Å². The molecule has 1 rings (SSSR count). The van der Waals surface area contributed by atoms with Gasteiger partial charge in [-0.05, 0) is 6.54 Å². The van der Waals surface area contributed by atoms with E-state index in [0.29, 0.717) is 6.42 Å². The monoisotopic (exact) mass is 196 g/mol. The van der Waals surface area contributed by atoms with Gasteiger partial charge in [0, 0.05) is 19.7 Å².